The van der Waals surface area contributed by atoms with E-state index in [2.05, 4.69) is 15.3 Å². The number of carbonyl (C=O) groups is 1. The van der Waals surface area contributed by atoms with Gasteiger partial charge >= 0.3 is 0 Å². The van der Waals surface area contributed by atoms with E-state index in [0.29, 0.717) is 15.8 Å². The minimum atomic E-state index is -0.482. The van der Waals surface area contributed by atoms with E-state index in [9.17, 15) is 14.9 Å². The van der Waals surface area contributed by atoms with Crippen LogP contribution in [0.25, 0.3) is 17.0 Å². The summed E-state index contributed by atoms with van der Waals surface area (Å²) in [6.45, 7) is 0. The van der Waals surface area contributed by atoms with Gasteiger partial charge in [0.25, 0.3) is 11.6 Å². The predicted molar refractivity (Wildman–Crippen MR) is 106 cm³/mol. The third-order valence-corrected chi connectivity index (χ3v) is 4.79. The number of anilines is 1. The number of hydrogen-bond acceptors (Lipinski definition) is 6. The molecule has 4 rings (SSSR count). The molecule has 0 aliphatic carbocycles. The van der Waals surface area contributed by atoms with Crippen molar-refractivity contribution in [2.45, 2.75) is 0 Å². The van der Waals surface area contributed by atoms with Gasteiger partial charge in [-0.15, -0.1) is 0 Å². The summed E-state index contributed by atoms with van der Waals surface area (Å²) >= 11 is 1.15. The summed E-state index contributed by atoms with van der Waals surface area (Å²) in [6.07, 6.45) is 3.47. The van der Waals surface area contributed by atoms with Gasteiger partial charge in [0.1, 0.15) is 5.69 Å². The number of nitrogens with zero attached hydrogens (tertiary/aromatic N) is 3. The van der Waals surface area contributed by atoms with Crippen molar-refractivity contribution in [3.63, 3.8) is 0 Å². The zero-order valence-corrected chi connectivity index (χ0v) is 14.6. The van der Waals surface area contributed by atoms with Gasteiger partial charge in [-0.1, -0.05) is 24.3 Å². The maximum absolute atomic E-state index is 12.2. The van der Waals surface area contributed by atoms with Crippen LogP contribution in [0, 0.1) is 10.1 Å². The molecule has 27 heavy (non-hydrogen) atoms. The summed E-state index contributed by atoms with van der Waals surface area (Å²) in [5, 5.41) is 15.3. The normalized spacial score (nSPS) is 15.2. The fraction of sp³-hybridized carbons (Fsp3) is 0. The summed E-state index contributed by atoms with van der Waals surface area (Å²) in [5.41, 5.74) is 1.95. The third-order valence-electron chi connectivity index (χ3n) is 3.89. The summed E-state index contributed by atoms with van der Waals surface area (Å²) in [4.78, 5) is 31.5. The maximum atomic E-state index is 12.2. The van der Waals surface area contributed by atoms with Gasteiger partial charge < -0.3 is 5.32 Å². The first-order chi connectivity index (χ1) is 13.1. The number of amidine groups is 1. The third kappa shape index (κ3) is 3.56. The molecule has 1 aliphatic heterocycles. The molecule has 7 nitrogen and oxygen atoms in total. The number of pyridine rings is 1. The number of aromatic nitrogens is 1. The number of nitrogens with one attached hydrogen (secondary N) is 1. The van der Waals surface area contributed by atoms with Crippen LogP contribution < -0.4 is 5.32 Å². The van der Waals surface area contributed by atoms with Gasteiger partial charge in [0.2, 0.25) is 0 Å². The van der Waals surface area contributed by atoms with Crippen molar-refractivity contribution in [2.24, 2.45) is 4.99 Å². The zero-order chi connectivity index (χ0) is 18.8. The molecular weight excluding hydrogens is 364 g/mol. The van der Waals surface area contributed by atoms with E-state index in [4.69, 9.17) is 0 Å². The van der Waals surface area contributed by atoms with Crippen LogP contribution in [-0.4, -0.2) is 21.0 Å². The summed E-state index contributed by atoms with van der Waals surface area (Å²) in [5.74, 6) is -0.382. The van der Waals surface area contributed by atoms with Gasteiger partial charge in [-0.25, -0.2) is 0 Å². The number of carbonyl (C=O) groups excluding carboxylic acids is 1. The molecule has 0 spiro atoms. The molecule has 1 aromatic heterocycles. The number of fused-ring (bicyclic) bond motifs is 1. The smallest absolute Gasteiger partial charge is 0.292 e. The van der Waals surface area contributed by atoms with E-state index in [1.807, 2.05) is 30.3 Å². The molecular formula is C19H12N4O3S. The van der Waals surface area contributed by atoms with Gasteiger partial charge in [-0.05, 0) is 47.7 Å². The first-order valence-electron chi connectivity index (χ1n) is 7.98. The fourth-order valence-electron chi connectivity index (χ4n) is 2.65. The summed E-state index contributed by atoms with van der Waals surface area (Å²) < 4.78 is 0. The molecule has 0 radical (unpaired) electrons. The van der Waals surface area contributed by atoms with Crippen molar-refractivity contribution >= 4 is 51.2 Å². The second kappa shape index (κ2) is 7.00. The number of amides is 1. The van der Waals surface area contributed by atoms with Crippen molar-refractivity contribution in [1.29, 1.82) is 0 Å². The molecule has 0 atom stereocenters. The second-order valence-corrected chi connectivity index (χ2v) is 6.72. The Morgan fingerprint density at radius 3 is 2.81 bits per heavy atom. The van der Waals surface area contributed by atoms with Crippen LogP contribution in [0.3, 0.4) is 0 Å². The molecule has 0 fully saturated rings. The fourth-order valence-corrected chi connectivity index (χ4v) is 3.48. The maximum Gasteiger partial charge on any atom is 0.292 e. The topological polar surface area (TPSA) is 97.5 Å². The quantitative estimate of drug-likeness (QED) is 0.417. The van der Waals surface area contributed by atoms with Gasteiger partial charge in [0, 0.05) is 17.6 Å². The van der Waals surface area contributed by atoms with E-state index in [0.717, 1.165) is 28.2 Å². The molecule has 1 aliphatic rings. The molecule has 132 valence electrons. The first kappa shape index (κ1) is 16.9. The Kier molecular flexibility index (Phi) is 4.39. The number of para-hydroxylation sites is 2. The van der Waals surface area contributed by atoms with E-state index < -0.39 is 4.92 Å². The van der Waals surface area contributed by atoms with Gasteiger partial charge in [0.15, 0.2) is 5.17 Å². The van der Waals surface area contributed by atoms with Crippen LogP contribution in [0.1, 0.15) is 5.56 Å². The molecule has 1 amide bonds. The van der Waals surface area contributed by atoms with Crippen molar-refractivity contribution < 1.29 is 9.72 Å². The van der Waals surface area contributed by atoms with Crippen LogP contribution in [0.2, 0.25) is 0 Å². The van der Waals surface area contributed by atoms with E-state index >= 15 is 0 Å². The number of hydrogen-bond donors (Lipinski definition) is 1. The van der Waals surface area contributed by atoms with Crippen molar-refractivity contribution in [1.82, 2.24) is 4.98 Å². The Morgan fingerprint density at radius 1 is 1.11 bits per heavy atom. The van der Waals surface area contributed by atoms with Crippen LogP contribution in [-0.2, 0) is 4.79 Å². The lowest BCUT2D eigenvalue weighted by Gasteiger charge is -2.05. The van der Waals surface area contributed by atoms with Gasteiger partial charge in [-0.3, -0.25) is 19.9 Å². The average Bonchev–Trinajstić information content (AvgIpc) is 3.01. The molecule has 0 saturated heterocycles. The number of nitro benzene ring substituents is 1. The SMILES string of the molecule is O=C1N=C(Nc2ccccc2[N+](=O)[O-])SC1=Cc1ccc2ncccc2c1. The Balaban J connectivity index is 1.57. The molecule has 3 aromatic rings. The van der Waals surface area contributed by atoms with Crippen molar-refractivity contribution in [3.05, 3.63) is 81.4 Å². The zero-order valence-electron chi connectivity index (χ0n) is 13.8. The molecule has 1 N–H and O–H groups in total. The first-order valence-corrected chi connectivity index (χ1v) is 8.79. The molecule has 2 aromatic carbocycles. The average molecular weight is 376 g/mol. The molecule has 0 unspecified atom stereocenters. The number of thioether (sulfide) groups is 1. The highest BCUT2D eigenvalue weighted by atomic mass is 32.2. The highest BCUT2D eigenvalue weighted by molar-refractivity contribution is 8.18. The minimum absolute atomic E-state index is 0.0762. The lowest BCUT2D eigenvalue weighted by molar-refractivity contribution is -0.383. The highest BCUT2D eigenvalue weighted by Crippen LogP contribution is 2.32. The van der Waals surface area contributed by atoms with Crippen molar-refractivity contribution in [2.75, 3.05) is 5.32 Å². The van der Waals surface area contributed by atoms with Crippen LogP contribution in [0.4, 0.5) is 11.4 Å². The number of aliphatic imine (C=N–C) groups is 1. The lowest BCUT2D eigenvalue weighted by Crippen LogP contribution is -2.07. The number of nitro groups is 1. The monoisotopic (exact) mass is 376 g/mol. The van der Waals surface area contributed by atoms with Crippen molar-refractivity contribution in [3.8, 4) is 0 Å². The van der Waals surface area contributed by atoms with Gasteiger partial charge in [0.05, 0.1) is 15.3 Å². The molecule has 0 bridgehead atoms. The standard InChI is InChI=1S/C19H12N4O3S/c24-18-17(11-12-7-8-14-13(10-12)4-3-9-20-14)27-19(22-18)21-15-5-1-2-6-16(15)23(25)26/h1-11H,(H,21,22,24). The van der Waals surface area contributed by atoms with Crippen LogP contribution in [0.5, 0.6) is 0 Å². The van der Waals surface area contributed by atoms with E-state index in [-0.39, 0.29) is 11.6 Å². The van der Waals surface area contributed by atoms with Crippen LogP contribution in [0.15, 0.2) is 70.7 Å². The summed E-state index contributed by atoms with van der Waals surface area (Å²) in [6, 6.07) is 15.7. The molecule has 0 saturated carbocycles. The Bertz CT molecular complexity index is 1140. The van der Waals surface area contributed by atoms with Gasteiger partial charge in [-0.2, -0.15) is 4.99 Å². The Hall–Kier alpha value is -3.52. The predicted octanol–water partition coefficient (Wildman–Crippen LogP) is 4.23. The highest BCUT2D eigenvalue weighted by Gasteiger charge is 2.24. The lowest BCUT2D eigenvalue weighted by atomic mass is 10.1. The molecule has 8 heteroatoms. The second-order valence-electron chi connectivity index (χ2n) is 5.69. The van der Waals surface area contributed by atoms with E-state index in [1.165, 1.54) is 6.07 Å². The van der Waals surface area contributed by atoms with E-state index in [1.54, 1.807) is 30.5 Å². The minimum Gasteiger partial charge on any atom is -0.329 e. The molecule has 2 heterocycles. The largest absolute Gasteiger partial charge is 0.329 e. The number of rotatable bonds is 3. The number of benzene rings is 2. The Morgan fingerprint density at radius 2 is 1.96 bits per heavy atom. The summed E-state index contributed by atoms with van der Waals surface area (Å²) in [7, 11) is 0. The Labute approximate surface area is 158 Å². The van der Waals surface area contributed by atoms with Crippen LogP contribution >= 0.6 is 11.8 Å².